The van der Waals surface area contributed by atoms with E-state index in [0.717, 1.165) is 17.9 Å². The summed E-state index contributed by atoms with van der Waals surface area (Å²) in [7, 11) is 1.53. The molecule has 2 aliphatic rings. The number of cyclic esters (lactones) is 1. The molecule has 184 valence electrons. The number of carbonyl (C=O) groups is 1. The number of hydrogen-bond donors (Lipinski definition) is 1. The second-order valence-electron chi connectivity index (χ2n) is 8.56. The number of rotatable bonds is 8. The number of benzene rings is 1. The lowest BCUT2D eigenvalue weighted by Gasteiger charge is -2.21. The van der Waals surface area contributed by atoms with Crippen molar-refractivity contribution >= 4 is 28.5 Å². The van der Waals surface area contributed by atoms with Gasteiger partial charge in [-0.2, -0.15) is 0 Å². The van der Waals surface area contributed by atoms with Crippen molar-refractivity contribution < 1.29 is 23.4 Å². The van der Waals surface area contributed by atoms with Gasteiger partial charge in [-0.05, 0) is 43.7 Å². The Kier molecular flexibility index (Phi) is 6.54. The molecule has 0 saturated carbocycles. The number of anilines is 2. The molecule has 10 heteroatoms. The van der Waals surface area contributed by atoms with E-state index >= 15 is 0 Å². The van der Waals surface area contributed by atoms with Gasteiger partial charge < -0.3 is 24.4 Å². The zero-order chi connectivity index (χ0) is 24.4. The molecule has 2 unspecified atom stereocenters. The molecule has 0 bridgehead atoms. The number of hydrogen-bond acceptors (Lipinski definition) is 8. The normalized spacial score (nSPS) is 19.9. The van der Waals surface area contributed by atoms with Crippen LogP contribution in [0, 0.1) is 5.82 Å². The fourth-order valence-electron chi connectivity index (χ4n) is 4.58. The largest absolute Gasteiger partial charge is 0.494 e. The van der Waals surface area contributed by atoms with Crippen molar-refractivity contribution in [3.05, 3.63) is 48.4 Å². The molecule has 2 fully saturated rings. The van der Waals surface area contributed by atoms with Crippen LogP contribution in [0.3, 0.4) is 0 Å². The van der Waals surface area contributed by atoms with Gasteiger partial charge in [0.25, 0.3) is 0 Å². The van der Waals surface area contributed by atoms with Gasteiger partial charge in [-0.1, -0.05) is 0 Å². The van der Waals surface area contributed by atoms with Crippen LogP contribution in [0.25, 0.3) is 11.0 Å². The van der Waals surface area contributed by atoms with E-state index in [0.29, 0.717) is 55.4 Å². The molecule has 0 spiro atoms. The zero-order valence-electron chi connectivity index (χ0n) is 19.7. The first kappa shape index (κ1) is 23.1. The number of aromatic nitrogens is 2. The lowest BCUT2D eigenvalue weighted by molar-refractivity contribution is 0.138. The van der Waals surface area contributed by atoms with Gasteiger partial charge >= 0.3 is 6.09 Å². The van der Waals surface area contributed by atoms with Crippen LogP contribution in [0.5, 0.6) is 11.6 Å². The smallest absolute Gasteiger partial charge is 0.414 e. The Balaban J connectivity index is 1.20. The SMILES string of the molecule is CCOc1ccc(N2CC(CNC3CCN(c4c(F)cnc5ccc(OC)nc45)C3)OC2=O)cc1. The first-order valence-electron chi connectivity index (χ1n) is 11.7. The average Bonchev–Trinajstić information content (AvgIpc) is 3.49. The summed E-state index contributed by atoms with van der Waals surface area (Å²) in [4.78, 5) is 24.6. The Bertz CT molecular complexity index is 1210. The molecule has 1 N–H and O–H groups in total. The molecule has 4 heterocycles. The third-order valence-electron chi connectivity index (χ3n) is 6.30. The van der Waals surface area contributed by atoms with Crippen molar-refractivity contribution in [1.82, 2.24) is 15.3 Å². The maximum Gasteiger partial charge on any atom is 0.414 e. The highest BCUT2D eigenvalue weighted by molar-refractivity contribution is 5.90. The van der Waals surface area contributed by atoms with Crippen LogP contribution in [-0.2, 0) is 4.74 Å². The third kappa shape index (κ3) is 4.79. The van der Waals surface area contributed by atoms with Gasteiger partial charge in [0, 0.05) is 37.4 Å². The van der Waals surface area contributed by atoms with Crippen LogP contribution in [0.2, 0.25) is 0 Å². The van der Waals surface area contributed by atoms with Crippen LogP contribution in [0.4, 0.5) is 20.6 Å². The molecule has 35 heavy (non-hydrogen) atoms. The minimum absolute atomic E-state index is 0.126. The van der Waals surface area contributed by atoms with Crippen LogP contribution in [-0.4, -0.2) is 68.1 Å². The Labute approximate surface area is 202 Å². The second kappa shape index (κ2) is 9.91. The minimum atomic E-state index is -0.408. The van der Waals surface area contributed by atoms with Crippen molar-refractivity contribution in [3.63, 3.8) is 0 Å². The molecule has 0 radical (unpaired) electrons. The fourth-order valence-corrected chi connectivity index (χ4v) is 4.58. The Morgan fingerprint density at radius 2 is 2.03 bits per heavy atom. The minimum Gasteiger partial charge on any atom is -0.494 e. The highest BCUT2D eigenvalue weighted by Gasteiger charge is 2.34. The summed E-state index contributed by atoms with van der Waals surface area (Å²) in [5.41, 5.74) is 2.31. The number of amides is 1. The van der Waals surface area contributed by atoms with Crippen LogP contribution < -0.4 is 24.6 Å². The maximum atomic E-state index is 14.8. The third-order valence-corrected chi connectivity index (χ3v) is 6.30. The van der Waals surface area contributed by atoms with Gasteiger partial charge in [0.2, 0.25) is 5.88 Å². The molecule has 2 aliphatic heterocycles. The molecular formula is C25H28FN5O4. The molecule has 5 rings (SSSR count). The summed E-state index contributed by atoms with van der Waals surface area (Å²) in [6.45, 7) is 4.78. The first-order chi connectivity index (χ1) is 17.1. The van der Waals surface area contributed by atoms with E-state index in [1.807, 2.05) is 36.1 Å². The summed E-state index contributed by atoms with van der Waals surface area (Å²) < 4.78 is 31.1. The van der Waals surface area contributed by atoms with E-state index in [2.05, 4.69) is 15.3 Å². The number of fused-ring (bicyclic) bond motifs is 1. The predicted molar refractivity (Wildman–Crippen MR) is 130 cm³/mol. The van der Waals surface area contributed by atoms with Gasteiger partial charge in [-0.15, -0.1) is 0 Å². The molecule has 1 amide bonds. The molecule has 2 aromatic heterocycles. The maximum absolute atomic E-state index is 14.8. The second-order valence-corrected chi connectivity index (χ2v) is 8.56. The van der Waals surface area contributed by atoms with Crippen molar-refractivity contribution in [2.75, 3.05) is 49.7 Å². The zero-order valence-corrected chi connectivity index (χ0v) is 19.7. The predicted octanol–water partition coefficient (Wildman–Crippen LogP) is 3.37. The molecule has 2 saturated heterocycles. The lowest BCUT2D eigenvalue weighted by Crippen LogP contribution is -2.39. The van der Waals surface area contributed by atoms with Gasteiger partial charge in [0.05, 0.1) is 32.0 Å². The lowest BCUT2D eigenvalue weighted by atomic mass is 10.2. The summed E-state index contributed by atoms with van der Waals surface area (Å²) in [5.74, 6) is 0.773. The number of ether oxygens (including phenoxy) is 3. The van der Waals surface area contributed by atoms with E-state index in [4.69, 9.17) is 14.2 Å². The summed E-state index contributed by atoms with van der Waals surface area (Å²) in [6, 6.07) is 11.0. The standard InChI is InChI=1S/C25H28FN5O4/c1-3-34-18-6-4-17(5-7-18)31-15-19(35-25(31)32)12-27-16-10-11-30(14-16)24-20(26)13-28-21-8-9-22(33-2)29-23(21)24/h4-9,13,16,19,27H,3,10-12,14-15H2,1-2H3. The average molecular weight is 482 g/mol. The van der Waals surface area contributed by atoms with Crippen LogP contribution in [0.15, 0.2) is 42.6 Å². The highest BCUT2D eigenvalue weighted by atomic mass is 19.1. The molecule has 0 aliphatic carbocycles. The highest BCUT2D eigenvalue weighted by Crippen LogP contribution is 2.31. The number of methoxy groups -OCH3 is 1. The van der Waals surface area contributed by atoms with Crippen molar-refractivity contribution in [2.24, 2.45) is 0 Å². The van der Waals surface area contributed by atoms with Gasteiger partial charge in [0.1, 0.15) is 23.1 Å². The van der Waals surface area contributed by atoms with E-state index in [-0.39, 0.29) is 18.2 Å². The van der Waals surface area contributed by atoms with Crippen molar-refractivity contribution in [2.45, 2.75) is 25.5 Å². The van der Waals surface area contributed by atoms with Crippen LogP contribution in [0.1, 0.15) is 13.3 Å². The van der Waals surface area contributed by atoms with E-state index in [1.165, 1.54) is 13.3 Å². The molecule has 9 nitrogen and oxygen atoms in total. The monoisotopic (exact) mass is 481 g/mol. The Morgan fingerprint density at radius 1 is 1.20 bits per heavy atom. The number of pyridine rings is 2. The van der Waals surface area contributed by atoms with E-state index in [1.54, 1.807) is 17.0 Å². The fraction of sp³-hybridized carbons (Fsp3) is 0.400. The van der Waals surface area contributed by atoms with Crippen molar-refractivity contribution in [1.29, 1.82) is 0 Å². The Hall–Kier alpha value is -3.66. The quantitative estimate of drug-likeness (QED) is 0.524. The topological polar surface area (TPSA) is 89.1 Å². The summed E-state index contributed by atoms with van der Waals surface area (Å²) in [5, 5.41) is 3.48. The number of carbonyl (C=O) groups excluding carboxylic acids is 1. The molecular weight excluding hydrogens is 453 g/mol. The van der Waals surface area contributed by atoms with Gasteiger partial charge in [-0.3, -0.25) is 9.88 Å². The first-order valence-corrected chi connectivity index (χ1v) is 11.7. The molecule has 1 aromatic carbocycles. The van der Waals surface area contributed by atoms with Gasteiger partial charge in [-0.25, -0.2) is 14.2 Å². The van der Waals surface area contributed by atoms with Crippen LogP contribution >= 0.6 is 0 Å². The number of halogens is 1. The van der Waals surface area contributed by atoms with E-state index in [9.17, 15) is 9.18 Å². The van der Waals surface area contributed by atoms with Gasteiger partial charge in [0.15, 0.2) is 5.82 Å². The summed E-state index contributed by atoms with van der Waals surface area (Å²) in [6.07, 6.45) is 1.43. The van der Waals surface area contributed by atoms with E-state index < -0.39 is 5.82 Å². The van der Waals surface area contributed by atoms with Crippen molar-refractivity contribution in [3.8, 4) is 11.6 Å². The number of nitrogens with one attached hydrogen (secondary N) is 1. The Morgan fingerprint density at radius 3 is 2.80 bits per heavy atom. The molecule has 2 atom stereocenters. The number of nitrogens with zero attached hydrogens (tertiary/aromatic N) is 4. The summed E-state index contributed by atoms with van der Waals surface area (Å²) >= 11 is 0. The molecule has 3 aromatic rings.